The van der Waals surface area contributed by atoms with Crippen molar-refractivity contribution in [1.82, 2.24) is 14.8 Å². The summed E-state index contributed by atoms with van der Waals surface area (Å²) in [4.78, 5) is 20.7. The molecule has 1 aromatic heterocycles. The van der Waals surface area contributed by atoms with Crippen LogP contribution >= 0.6 is 0 Å². The molecule has 0 spiro atoms. The number of aryl methyl sites for hydroxylation is 2. The van der Waals surface area contributed by atoms with Crippen molar-refractivity contribution in [3.05, 3.63) is 77.3 Å². The van der Waals surface area contributed by atoms with Crippen LogP contribution in [-0.2, 0) is 23.9 Å². The minimum Gasteiger partial charge on any atom is -0.441 e. The van der Waals surface area contributed by atoms with Crippen molar-refractivity contribution < 1.29 is 22.4 Å². The van der Waals surface area contributed by atoms with Gasteiger partial charge >= 0.3 is 6.18 Å². The summed E-state index contributed by atoms with van der Waals surface area (Å²) in [6.45, 7) is 3.11. The molecular weight excluding hydrogens is 431 g/mol. The van der Waals surface area contributed by atoms with E-state index in [-0.39, 0.29) is 18.9 Å². The Labute approximate surface area is 191 Å². The van der Waals surface area contributed by atoms with Gasteiger partial charge in [-0.15, -0.1) is 0 Å². The first-order chi connectivity index (χ1) is 15.6. The van der Waals surface area contributed by atoms with Gasteiger partial charge in [0.15, 0.2) is 11.7 Å². The van der Waals surface area contributed by atoms with Gasteiger partial charge in [0.05, 0.1) is 11.8 Å². The summed E-state index contributed by atoms with van der Waals surface area (Å²) < 4.78 is 45.0. The van der Waals surface area contributed by atoms with Crippen molar-refractivity contribution in [2.75, 3.05) is 27.2 Å². The average Bonchev–Trinajstić information content (AvgIpc) is 3.24. The number of nitrogens with zero attached hydrogens (tertiary/aromatic N) is 3. The number of hydrogen-bond donors (Lipinski definition) is 0. The Bertz CT molecular complexity index is 1060. The van der Waals surface area contributed by atoms with E-state index in [4.69, 9.17) is 4.42 Å². The average molecular weight is 460 g/mol. The van der Waals surface area contributed by atoms with Crippen LogP contribution in [0.5, 0.6) is 0 Å². The highest BCUT2D eigenvalue weighted by atomic mass is 19.4. The number of carbonyl (C=O) groups is 1. The number of carbonyl (C=O) groups excluding carboxylic acids is 1. The maximum atomic E-state index is 13.1. The van der Waals surface area contributed by atoms with E-state index in [0.29, 0.717) is 36.7 Å². The first-order valence-electron chi connectivity index (χ1n) is 10.7. The maximum absolute atomic E-state index is 13.1. The standard InChI is InChI=1S/C25H28F3N3O2/c1-18-7-9-20(10-8-18)22-16-29-23(33-22)11-12-24(32)31(14-13-30(2)3)17-19-5-4-6-21(15-19)25(26,27)28/h4-10,15-16H,11-14,17H2,1-3H3. The third kappa shape index (κ3) is 7.18. The normalized spacial score (nSPS) is 11.7. The van der Waals surface area contributed by atoms with Gasteiger partial charge in [0.25, 0.3) is 0 Å². The lowest BCUT2D eigenvalue weighted by Gasteiger charge is -2.25. The fourth-order valence-electron chi connectivity index (χ4n) is 3.33. The van der Waals surface area contributed by atoms with Gasteiger partial charge in [-0.05, 0) is 38.7 Å². The summed E-state index contributed by atoms with van der Waals surface area (Å²) in [5.74, 6) is 0.917. The van der Waals surface area contributed by atoms with Crippen molar-refractivity contribution in [1.29, 1.82) is 0 Å². The van der Waals surface area contributed by atoms with Crippen LogP contribution in [0.25, 0.3) is 11.3 Å². The number of oxazole rings is 1. The van der Waals surface area contributed by atoms with Crippen LogP contribution in [0.1, 0.15) is 29.0 Å². The minimum absolute atomic E-state index is 0.108. The number of aromatic nitrogens is 1. The Kier molecular flexibility index (Phi) is 7.92. The second-order valence-corrected chi connectivity index (χ2v) is 8.30. The van der Waals surface area contributed by atoms with Gasteiger partial charge < -0.3 is 14.2 Å². The monoisotopic (exact) mass is 459 g/mol. The van der Waals surface area contributed by atoms with Gasteiger partial charge in [-0.25, -0.2) is 4.98 Å². The first kappa shape index (κ1) is 24.5. The van der Waals surface area contributed by atoms with E-state index < -0.39 is 11.7 Å². The van der Waals surface area contributed by atoms with Crippen molar-refractivity contribution in [2.45, 2.75) is 32.5 Å². The Morgan fingerprint density at radius 1 is 1.06 bits per heavy atom. The lowest BCUT2D eigenvalue weighted by molar-refractivity contribution is -0.137. The number of likely N-dealkylation sites (N-methyl/N-ethyl adjacent to an activating group) is 1. The summed E-state index contributed by atoms with van der Waals surface area (Å²) in [5, 5.41) is 0. The number of alkyl halides is 3. The van der Waals surface area contributed by atoms with E-state index in [1.54, 1.807) is 17.2 Å². The summed E-state index contributed by atoms with van der Waals surface area (Å²) in [6, 6.07) is 13.0. The molecular formula is C25H28F3N3O2. The molecule has 0 saturated heterocycles. The Morgan fingerprint density at radius 2 is 1.79 bits per heavy atom. The lowest BCUT2D eigenvalue weighted by atomic mass is 10.1. The minimum atomic E-state index is -4.42. The highest BCUT2D eigenvalue weighted by molar-refractivity contribution is 5.76. The largest absolute Gasteiger partial charge is 0.441 e. The second-order valence-electron chi connectivity index (χ2n) is 8.30. The van der Waals surface area contributed by atoms with Crippen molar-refractivity contribution >= 4 is 5.91 Å². The molecule has 0 aliphatic heterocycles. The summed E-state index contributed by atoms with van der Waals surface area (Å²) in [6.07, 6.45) is -2.32. The highest BCUT2D eigenvalue weighted by Gasteiger charge is 2.30. The van der Waals surface area contributed by atoms with Gasteiger partial charge in [-0.1, -0.05) is 42.0 Å². The number of amides is 1. The van der Waals surface area contributed by atoms with Crippen molar-refractivity contribution in [3.63, 3.8) is 0 Å². The SMILES string of the molecule is Cc1ccc(-c2cnc(CCC(=O)N(CCN(C)C)Cc3cccc(C(F)(F)F)c3)o2)cc1. The fourth-order valence-corrected chi connectivity index (χ4v) is 3.33. The number of benzene rings is 2. The molecule has 0 unspecified atom stereocenters. The molecule has 33 heavy (non-hydrogen) atoms. The molecule has 0 atom stereocenters. The van der Waals surface area contributed by atoms with Gasteiger partial charge in [0.1, 0.15) is 0 Å². The van der Waals surface area contributed by atoms with E-state index in [0.717, 1.165) is 23.3 Å². The molecule has 0 bridgehead atoms. The first-order valence-corrected chi connectivity index (χ1v) is 10.7. The molecule has 3 aromatic rings. The molecule has 0 aliphatic carbocycles. The Morgan fingerprint density at radius 3 is 2.45 bits per heavy atom. The van der Waals surface area contributed by atoms with E-state index in [9.17, 15) is 18.0 Å². The molecule has 0 saturated carbocycles. The third-order valence-electron chi connectivity index (χ3n) is 5.24. The van der Waals surface area contributed by atoms with Gasteiger partial charge in [0, 0.05) is 38.0 Å². The van der Waals surface area contributed by atoms with E-state index in [1.807, 2.05) is 50.2 Å². The van der Waals surface area contributed by atoms with Crippen molar-refractivity contribution in [3.8, 4) is 11.3 Å². The molecule has 1 heterocycles. The number of halogens is 3. The zero-order chi connectivity index (χ0) is 24.0. The van der Waals surface area contributed by atoms with Crippen LogP contribution in [-0.4, -0.2) is 47.9 Å². The predicted octanol–water partition coefficient (Wildman–Crippen LogP) is 5.19. The fraction of sp³-hybridized carbons (Fsp3) is 0.360. The zero-order valence-corrected chi connectivity index (χ0v) is 19.0. The van der Waals surface area contributed by atoms with Crippen LogP contribution in [0.3, 0.4) is 0 Å². The van der Waals surface area contributed by atoms with E-state index >= 15 is 0 Å². The van der Waals surface area contributed by atoms with Crippen LogP contribution < -0.4 is 0 Å². The maximum Gasteiger partial charge on any atom is 0.416 e. The molecule has 0 aliphatic rings. The molecule has 5 nitrogen and oxygen atoms in total. The smallest absolute Gasteiger partial charge is 0.416 e. The van der Waals surface area contributed by atoms with Crippen LogP contribution in [0.15, 0.2) is 59.1 Å². The molecule has 2 aromatic carbocycles. The lowest BCUT2D eigenvalue weighted by Crippen LogP contribution is -2.36. The van der Waals surface area contributed by atoms with Crippen LogP contribution in [0.4, 0.5) is 13.2 Å². The Balaban J connectivity index is 1.66. The molecule has 8 heteroatoms. The molecule has 3 rings (SSSR count). The van der Waals surface area contributed by atoms with Gasteiger partial charge in [-0.2, -0.15) is 13.2 Å². The van der Waals surface area contributed by atoms with E-state index in [2.05, 4.69) is 4.98 Å². The molecule has 1 amide bonds. The van der Waals surface area contributed by atoms with Crippen molar-refractivity contribution in [2.24, 2.45) is 0 Å². The topological polar surface area (TPSA) is 49.6 Å². The van der Waals surface area contributed by atoms with Crippen LogP contribution in [0.2, 0.25) is 0 Å². The zero-order valence-electron chi connectivity index (χ0n) is 19.0. The predicted molar refractivity (Wildman–Crippen MR) is 120 cm³/mol. The molecule has 0 N–H and O–H groups in total. The molecule has 0 radical (unpaired) electrons. The third-order valence-corrected chi connectivity index (χ3v) is 5.24. The summed E-state index contributed by atoms with van der Waals surface area (Å²) >= 11 is 0. The van der Waals surface area contributed by atoms with Gasteiger partial charge in [0.2, 0.25) is 5.91 Å². The second kappa shape index (κ2) is 10.7. The molecule has 0 fully saturated rings. The van der Waals surface area contributed by atoms with E-state index in [1.165, 1.54) is 6.07 Å². The van der Waals surface area contributed by atoms with Crippen LogP contribution in [0, 0.1) is 6.92 Å². The molecule has 176 valence electrons. The highest BCUT2D eigenvalue weighted by Crippen LogP contribution is 2.30. The number of hydrogen-bond acceptors (Lipinski definition) is 4. The summed E-state index contributed by atoms with van der Waals surface area (Å²) in [5.41, 5.74) is 1.77. The summed E-state index contributed by atoms with van der Waals surface area (Å²) in [7, 11) is 3.76. The number of rotatable bonds is 9. The van der Waals surface area contributed by atoms with Gasteiger partial charge in [-0.3, -0.25) is 4.79 Å². The quantitative estimate of drug-likeness (QED) is 0.442. The Hall–Kier alpha value is -3.13.